The van der Waals surface area contributed by atoms with Crippen LogP contribution in [0.25, 0.3) is 10.8 Å². The molecule has 36 heavy (non-hydrogen) atoms. The smallest absolute Gasteiger partial charge is 0.241 e. The van der Waals surface area contributed by atoms with Gasteiger partial charge in [0.1, 0.15) is 6.04 Å². The van der Waals surface area contributed by atoms with Gasteiger partial charge < -0.3 is 4.90 Å². The Morgan fingerprint density at radius 2 is 1.58 bits per heavy atom. The van der Waals surface area contributed by atoms with E-state index < -0.39 is 32.0 Å². The van der Waals surface area contributed by atoms with Gasteiger partial charge in [-0.15, -0.1) is 0 Å². The van der Waals surface area contributed by atoms with Gasteiger partial charge in [-0.25, -0.2) is 16.8 Å². The van der Waals surface area contributed by atoms with Crippen LogP contribution in [0.5, 0.6) is 0 Å². The van der Waals surface area contributed by atoms with Crippen LogP contribution in [0.2, 0.25) is 0 Å². The summed E-state index contributed by atoms with van der Waals surface area (Å²) in [6.45, 7) is 0.609. The summed E-state index contributed by atoms with van der Waals surface area (Å²) in [5.41, 5.74) is 1.14. The van der Waals surface area contributed by atoms with Crippen molar-refractivity contribution in [3.05, 3.63) is 77.9 Å². The van der Waals surface area contributed by atoms with Crippen LogP contribution in [0.1, 0.15) is 11.1 Å². The molecule has 3 aromatic rings. The Balaban J connectivity index is 1.60. The highest BCUT2D eigenvalue weighted by Gasteiger charge is 2.33. The largest absolute Gasteiger partial charge is 0.339 e. The maximum Gasteiger partial charge on any atom is 0.241 e. The zero-order chi connectivity index (χ0) is 25.9. The third-order valence-corrected chi connectivity index (χ3v) is 8.94. The second-order valence-electron chi connectivity index (χ2n) is 8.68. The predicted molar refractivity (Wildman–Crippen MR) is 136 cm³/mol. The first-order chi connectivity index (χ1) is 17.1. The van der Waals surface area contributed by atoms with Crippen molar-refractivity contribution in [2.24, 2.45) is 0 Å². The lowest BCUT2D eigenvalue weighted by molar-refractivity contribution is -0.134. The van der Waals surface area contributed by atoms with Crippen molar-refractivity contribution in [1.29, 1.82) is 5.26 Å². The van der Waals surface area contributed by atoms with Crippen molar-refractivity contribution in [3.8, 4) is 6.07 Å². The van der Waals surface area contributed by atoms with E-state index in [-0.39, 0.29) is 37.5 Å². The molecule has 0 unspecified atom stereocenters. The number of benzene rings is 3. The molecule has 0 aliphatic carbocycles. The number of rotatable bonds is 7. The molecule has 0 aromatic heterocycles. The fraction of sp³-hybridized carbons (Fsp3) is 0.280. The molecule has 1 saturated heterocycles. The number of nitriles is 1. The molecule has 1 heterocycles. The van der Waals surface area contributed by atoms with Crippen LogP contribution >= 0.6 is 0 Å². The summed E-state index contributed by atoms with van der Waals surface area (Å²) in [6.07, 6.45) is 1.19. The molecule has 9 nitrogen and oxygen atoms in total. The number of hydrogen-bond donors (Lipinski definition) is 1. The lowest BCUT2D eigenvalue weighted by Crippen LogP contribution is -2.56. The van der Waals surface area contributed by atoms with Crippen molar-refractivity contribution in [3.63, 3.8) is 0 Å². The molecule has 0 bridgehead atoms. The minimum Gasteiger partial charge on any atom is -0.339 e. The van der Waals surface area contributed by atoms with Gasteiger partial charge in [0, 0.05) is 26.2 Å². The van der Waals surface area contributed by atoms with Gasteiger partial charge in [-0.05, 0) is 47.0 Å². The maximum absolute atomic E-state index is 13.5. The number of carbonyl (C=O) groups excluding carboxylic acids is 1. The first-order valence-corrected chi connectivity index (χ1v) is 14.6. The van der Waals surface area contributed by atoms with Gasteiger partial charge in [-0.1, -0.05) is 42.5 Å². The number of nitrogens with one attached hydrogen (secondary N) is 1. The zero-order valence-corrected chi connectivity index (χ0v) is 21.3. The van der Waals surface area contributed by atoms with Gasteiger partial charge in [0.15, 0.2) is 0 Å². The van der Waals surface area contributed by atoms with Crippen LogP contribution in [-0.2, 0) is 31.3 Å². The van der Waals surface area contributed by atoms with Gasteiger partial charge in [-0.3, -0.25) is 4.79 Å². The lowest BCUT2D eigenvalue weighted by atomic mass is 10.0. The fourth-order valence-corrected chi connectivity index (χ4v) is 6.23. The fourth-order valence-electron chi connectivity index (χ4n) is 4.18. The Morgan fingerprint density at radius 3 is 2.19 bits per heavy atom. The summed E-state index contributed by atoms with van der Waals surface area (Å²) in [5.74, 6) is -0.433. The SMILES string of the molecule is CS(=O)(=O)N1CCN(C(=O)[C@H](Cc2ccc(C#N)cc2)NS(=O)(=O)c2ccc3ccccc3c2)CC1. The number of nitrogens with zero attached hydrogens (tertiary/aromatic N) is 3. The van der Waals surface area contributed by atoms with E-state index in [1.54, 1.807) is 36.4 Å². The number of fused-ring (bicyclic) bond motifs is 1. The minimum absolute atomic E-state index is 0.0423. The van der Waals surface area contributed by atoms with Crippen molar-refractivity contribution in [1.82, 2.24) is 13.9 Å². The average Bonchev–Trinajstić information content (AvgIpc) is 2.87. The second kappa shape index (κ2) is 10.4. The molecule has 1 atom stereocenters. The Kier molecular flexibility index (Phi) is 7.42. The van der Waals surface area contributed by atoms with Crippen LogP contribution < -0.4 is 4.72 Å². The maximum atomic E-state index is 13.5. The van der Waals surface area contributed by atoms with E-state index in [2.05, 4.69) is 4.72 Å². The standard InChI is InChI=1S/C25H26N4O5S2/c1-35(31,32)29-14-12-28(13-15-29)25(30)24(16-19-6-8-20(18-26)9-7-19)27-36(33,34)23-11-10-21-4-2-3-5-22(21)17-23/h2-11,17,24,27H,12-16H2,1H3/t24-/m0/s1. The average molecular weight is 527 g/mol. The number of piperazine rings is 1. The van der Waals surface area contributed by atoms with Crippen LogP contribution in [0.15, 0.2) is 71.6 Å². The molecule has 3 aromatic carbocycles. The summed E-state index contributed by atoms with van der Waals surface area (Å²) in [7, 11) is -7.43. The van der Waals surface area contributed by atoms with Crippen molar-refractivity contribution in [2.75, 3.05) is 32.4 Å². The first-order valence-electron chi connectivity index (χ1n) is 11.3. The van der Waals surface area contributed by atoms with Crippen LogP contribution in [0.3, 0.4) is 0 Å². The van der Waals surface area contributed by atoms with E-state index in [4.69, 9.17) is 5.26 Å². The van der Waals surface area contributed by atoms with Crippen LogP contribution in [-0.4, -0.2) is 70.4 Å². The quantitative estimate of drug-likeness (QED) is 0.499. The first kappa shape index (κ1) is 25.8. The normalized spacial score (nSPS) is 15.9. The van der Waals surface area contributed by atoms with E-state index in [1.807, 2.05) is 30.3 Å². The molecule has 0 saturated carbocycles. The Hall–Kier alpha value is -3.30. The molecule has 4 rings (SSSR count). The van der Waals surface area contributed by atoms with E-state index >= 15 is 0 Å². The Labute approximate surface area is 211 Å². The molecule has 188 valence electrons. The summed E-state index contributed by atoms with van der Waals surface area (Å²) < 4.78 is 54.2. The molecule has 1 amide bonds. The molecule has 1 aliphatic heterocycles. The number of amides is 1. The van der Waals surface area contributed by atoms with Gasteiger partial charge in [0.05, 0.1) is 22.8 Å². The molecular weight excluding hydrogens is 500 g/mol. The van der Waals surface area contributed by atoms with Gasteiger partial charge in [0.2, 0.25) is 26.0 Å². The predicted octanol–water partition coefficient (Wildman–Crippen LogP) is 1.70. The van der Waals surface area contributed by atoms with E-state index in [9.17, 15) is 21.6 Å². The summed E-state index contributed by atoms with van der Waals surface area (Å²) >= 11 is 0. The molecular formula is C25H26N4O5S2. The van der Waals surface area contributed by atoms with Crippen molar-refractivity contribution >= 4 is 36.7 Å². The summed E-state index contributed by atoms with van der Waals surface area (Å²) in [5, 5.41) is 10.7. The van der Waals surface area contributed by atoms with E-state index in [1.165, 1.54) is 15.3 Å². The van der Waals surface area contributed by atoms with Gasteiger partial charge >= 0.3 is 0 Å². The molecule has 1 aliphatic rings. The topological polar surface area (TPSA) is 128 Å². The number of sulfonamides is 2. The Morgan fingerprint density at radius 1 is 0.944 bits per heavy atom. The molecule has 0 spiro atoms. The van der Waals surface area contributed by atoms with Crippen molar-refractivity contribution in [2.45, 2.75) is 17.4 Å². The van der Waals surface area contributed by atoms with Gasteiger partial charge in [0.25, 0.3) is 0 Å². The highest BCUT2D eigenvalue weighted by molar-refractivity contribution is 7.89. The number of hydrogen-bond acceptors (Lipinski definition) is 6. The molecule has 1 fully saturated rings. The highest BCUT2D eigenvalue weighted by Crippen LogP contribution is 2.20. The molecule has 0 radical (unpaired) electrons. The lowest BCUT2D eigenvalue weighted by Gasteiger charge is -2.35. The summed E-state index contributed by atoms with van der Waals surface area (Å²) in [6, 6.07) is 19.7. The minimum atomic E-state index is -4.06. The van der Waals surface area contributed by atoms with Gasteiger partial charge in [-0.2, -0.15) is 14.3 Å². The van der Waals surface area contributed by atoms with Crippen LogP contribution in [0, 0.1) is 11.3 Å². The third kappa shape index (κ3) is 5.91. The second-order valence-corrected chi connectivity index (χ2v) is 12.4. The van der Waals surface area contributed by atoms with Crippen molar-refractivity contribution < 1.29 is 21.6 Å². The third-order valence-electron chi connectivity index (χ3n) is 6.17. The van der Waals surface area contributed by atoms with E-state index in [0.29, 0.717) is 11.1 Å². The Bertz CT molecular complexity index is 1520. The van der Waals surface area contributed by atoms with Crippen LogP contribution in [0.4, 0.5) is 0 Å². The monoisotopic (exact) mass is 526 g/mol. The molecule has 11 heteroatoms. The zero-order valence-electron chi connectivity index (χ0n) is 19.7. The molecule has 1 N–H and O–H groups in total. The van der Waals surface area contributed by atoms with E-state index in [0.717, 1.165) is 17.0 Å². The summed E-state index contributed by atoms with van der Waals surface area (Å²) in [4.78, 5) is 15.0. The number of carbonyl (C=O) groups is 1. The highest BCUT2D eigenvalue weighted by atomic mass is 32.2.